The minimum atomic E-state index is -0.0654. The second-order valence-electron chi connectivity index (χ2n) is 5.04. The number of hydrogen-bond acceptors (Lipinski definition) is 3. The Labute approximate surface area is 125 Å². The molecule has 110 valence electrons. The Morgan fingerprint density at radius 3 is 2.67 bits per heavy atom. The monoisotopic (exact) mass is 283 g/mol. The Kier molecular flexibility index (Phi) is 4.93. The summed E-state index contributed by atoms with van der Waals surface area (Å²) in [4.78, 5) is 16.3. The molecule has 1 aromatic heterocycles. The summed E-state index contributed by atoms with van der Waals surface area (Å²) < 4.78 is 0. The predicted molar refractivity (Wildman–Crippen MR) is 85.5 cm³/mol. The first-order valence-electron chi connectivity index (χ1n) is 7.14. The lowest BCUT2D eigenvalue weighted by atomic mass is 10.1. The zero-order valence-electron chi connectivity index (χ0n) is 12.7. The van der Waals surface area contributed by atoms with Gasteiger partial charge in [0.15, 0.2) is 0 Å². The predicted octanol–water partition coefficient (Wildman–Crippen LogP) is 3.06. The molecule has 0 aliphatic carbocycles. The van der Waals surface area contributed by atoms with Crippen molar-refractivity contribution >= 4 is 11.6 Å². The number of aryl methyl sites for hydroxylation is 2. The molecule has 1 heterocycles. The van der Waals surface area contributed by atoms with Gasteiger partial charge in [-0.3, -0.25) is 9.78 Å². The molecule has 4 nitrogen and oxygen atoms in total. The minimum absolute atomic E-state index is 0.0654. The van der Waals surface area contributed by atoms with E-state index in [0.717, 1.165) is 28.9 Å². The van der Waals surface area contributed by atoms with Crippen LogP contribution in [0.3, 0.4) is 0 Å². The van der Waals surface area contributed by atoms with Gasteiger partial charge in [-0.1, -0.05) is 0 Å². The molecular weight excluding hydrogens is 262 g/mol. The fourth-order valence-corrected chi connectivity index (χ4v) is 2.15. The van der Waals surface area contributed by atoms with Crippen LogP contribution in [-0.4, -0.2) is 17.4 Å². The number of nitrogens with zero attached hydrogens (tertiary/aromatic N) is 1. The average Bonchev–Trinajstić information content (AvgIpc) is 2.48. The van der Waals surface area contributed by atoms with E-state index in [2.05, 4.69) is 22.5 Å². The van der Waals surface area contributed by atoms with E-state index in [4.69, 9.17) is 0 Å². The summed E-state index contributed by atoms with van der Waals surface area (Å²) >= 11 is 0. The first-order valence-corrected chi connectivity index (χ1v) is 7.14. The lowest BCUT2D eigenvalue weighted by Crippen LogP contribution is -2.23. The van der Waals surface area contributed by atoms with Crippen molar-refractivity contribution in [3.63, 3.8) is 0 Å². The van der Waals surface area contributed by atoms with Crippen LogP contribution < -0.4 is 10.6 Å². The summed E-state index contributed by atoms with van der Waals surface area (Å²) in [6.45, 7) is 7.42. The van der Waals surface area contributed by atoms with Crippen molar-refractivity contribution in [3.05, 3.63) is 58.9 Å². The topological polar surface area (TPSA) is 54.0 Å². The fraction of sp³-hybridized carbons (Fsp3) is 0.294. The number of anilines is 1. The molecule has 0 saturated carbocycles. The van der Waals surface area contributed by atoms with Crippen molar-refractivity contribution in [1.29, 1.82) is 0 Å². The number of hydrogen-bond donors (Lipinski definition) is 2. The highest BCUT2D eigenvalue weighted by Crippen LogP contribution is 2.16. The van der Waals surface area contributed by atoms with E-state index in [1.54, 1.807) is 12.4 Å². The van der Waals surface area contributed by atoms with Crippen molar-refractivity contribution < 1.29 is 4.79 Å². The van der Waals surface area contributed by atoms with Crippen LogP contribution in [0.4, 0.5) is 5.69 Å². The van der Waals surface area contributed by atoms with E-state index in [1.807, 2.05) is 38.1 Å². The average molecular weight is 283 g/mol. The zero-order valence-corrected chi connectivity index (χ0v) is 12.7. The smallest absolute Gasteiger partial charge is 0.251 e. The lowest BCUT2D eigenvalue weighted by Gasteiger charge is -2.11. The number of amides is 1. The van der Waals surface area contributed by atoms with Gasteiger partial charge in [-0.2, -0.15) is 0 Å². The van der Waals surface area contributed by atoms with E-state index in [1.165, 1.54) is 0 Å². The molecule has 0 fully saturated rings. The molecule has 4 heteroatoms. The first-order chi connectivity index (χ1) is 10.1. The molecule has 0 spiro atoms. The van der Waals surface area contributed by atoms with Crippen LogP contribution in [-0.2, 0) is 6.54 Å². The number of aromatic nitrogens is 1. The molecule has 0 saturated heterocycles. The van der Waals surface area contributed by atoms with Crippen LogP contribution in [0.5, 0.6) is 0 Å². The van der Waals surface area contributed by atoms with Crippen molar-refractivity contribution in [2.24, 2.45) is 0 Å². The van der Waals surface area contributed by atoms with Gasteiger partial charge in [-0.25, -0.2) is 0 Å². The molecule has 1 amide bonds. The molecule has 0 aliphatic heterocycles. The third kappa shape index (κ3) is 3.81. The summed E-state index contributed by atoms with van der Waals surface area (Å²) in [5.74, 6) is -0.0654. The van der Waals surface area contributed by atoms with Crippen LogP contribution in [0.25, 0.3) is 0 Å². The highest BCUT2D eigenvalue weighted by molar-refractivity contribution is 5.94. The van der Waals surface area contributed by atoms with Crippen LogP contribution in [0.15, 0.2) is 36.7 Å². The number of carbonyl (C=O) groups excluding carboxylic acids is 1. The maximum atomic E-state index is 12.2. The molecule has 0 radical (unpaired) electrons. The Bertz CT molecular complexity index is 638. The van der Waals surface area contributed by atoms with E-state index >= 15 is 0 Å². The molecule has 0 atom stereocenters. The zero-order chi connectivity index (χ0) is 15.2. The maximum Gasteiger partial charge on any atom is 0.251 e. The van der Waals surface area contributed by atoms with Crippen molar-refractivity contribution in [2.75, 3.05) is 11.9 Å². The van der Waals surface area contributed by atoms with Gasteiger partial charge in [0.05, 0.1) is 0 Å². The van der Waals surface area contributed by atoms with Crippen molar-refractivity contribution in [3.8, 4) is 0 Å². The standard InChI is InChI=1S/C17H21N3O/c1-4-19-16-6-5-14(9-13(16)3)17(21)20-11-15-10-18-8-7-12(15)2/h5-10,19H,4,11H2,1-3H3,(H,20,21). The first kappa shape index (κ1) is 15.0. The van der Waals surface area contributed by atoms with Crippen molar-refractivity contribution in [2.45, 2.75) is 27.3 Å². The summed E-state index contributed by atoms with van der Waals surface area (Å²) in [6, 6.07) is 7.64. The van der Waals surface area contributed by atoms with Gasteiger partial charge in [0.1, 0.15) is 0 Å². The SMILES string of the molecule is CCNc1ccc(C(=O)NCc2cnccc2C)cc1C. The Hall–Kier alpha value is -2.36. The minimum Gasteiger partial charge on any atom is -0.385 e. The summed E-state index contributed by atoms with van der Waals surface area (Å²) in [6.07, 6.45) is 3.54. The van der Waals surface area contributed by atoms with E-state index in [0.29, 0.717) is 12.1 Å². The lowest BCUT2D eigenvalue weighted by molar-refractivity contribution is 0.0951. The number of rotatable bonds is 5. The molecule has 0 bridgehead atoms. The van der Waals surface area contributed by atoms with Gasteiger partial charge < -0.3 is 10.6 Å². The molecule has 0 unspecified atom stereocenters. The van der Waals surface area contributed by atoms with Crippen LogP contribution >= 0.6 is 0 Å². The van der Waals surface area contributed by atoms with Gasteiger partial charge >= 0.3 is 0 Å². The maximum absolute atomic E-state index is 12.2. The summed E-state index contributed by atoms with van der Waals surface area (Å²) in [5.41, 5.74) is 4.98. The van der Waals surface area contributed by atoms with Gasteiger partial charge in [0.2, 0.25) is 0 Å². The summed E-state index contributed by atoms with van der Waals surface area (Å²) in [7, 11) is 0. The van der Waals surface area contributed by atoms with Crippen LogP contribution in [0.1, 0.15) is 34.0 Å². The van der Waals surface area contributed by atoms with E-state index in [9.17, 15) is 4.79 Å². The second kappa shape index (κ2) is 6.88. The highest BCUT2D eigenvalue weighted by atomic mass is 16.1. The second-order valence-corrected chi connectivity index (χ2v) is 5.04. The van der Waals surface area contributed by atoms with Crippen molar-refractivity contribution in [1.82, 2.24) is 10.3 Å². The Balaban J connectivity index is 2.04. The molecular formula is C17H21N3O. The van der Waals surface area contributed by atoms with E-state index < -0.39 is 0 Å². The van der Waals surface area contributed by atoms with Gasteiger partial charge in [-0.05, 0) is 61.7 Å². The number of benzene rings is 1. The molecule has 2 rings (SSSR count). The summed E-state index contributed by atoms with van der Waals surface area (Å²) in [5, 5.41) is 6.20. The Morgan fingerprint density at radius 2 is 2.00 bits per heavy atom. The molecule has 21 heavy (non-hydrogen) atoms. The molecule has 1 aromatic carbocycles. The van der Waals surface area contributed by atoms with Gasteiger partial charge in [0, 0.05) is 36.7 Å². The third-order valence-corrected chi connectivity index (χ3v) is 3.44. The van der Waals surface area contributed by atoms with E-state index in [-0.39, 0.29) is 5.91 Å². The van der Waals surface area contributed by atoms with Gasteiger partial charge in [-0.15, -0.1) is 0 Å². The number of pyridine rings is 1. The highest BCUT2D eigenvalue weighted by Gasteiger charge is 2.08. The molecule has 0 aliphatic rings. The third-order valence-electron chi connectivity index (χ3n) is 3.44. The van der Waals surface area contributed by atoms with Crippen LogP contribution in [0.2, 0.25) is 0 Å². The van der Waals surface area contributed by atoms with Crippen LogP contribution in [0, 0.1) is 13.8 Å². The molecule has 2 N–H and O–H groups in total. The quantitative estimate of drug-likeness (QED) is 0.886. The number of carbonyl (C=O) groups is 1. The largest absolute Gasteiger partial charge is 0.385 e. The fourth-order valence-electron chi connectivity index (χ4n) is 2.15. The normalized spacial score (nSPS) is 10.2. The molecule has 2 aromatic rings. The Morgan fingerprint density at radius 1 is 1.19 bits per heavy atom. The number of nitrogens with one attached hydrogen (secondary N) is 2. The van der Waals surface area contributed by atoms with Gasteiger partial charge in [0.25, 0.3) is 5.91 Å².